The normalized spacial score (nSPS) is 11.2. The van der Waals surface area contributed by atoms with Crippen LogP contribution in [0.3, 0.4) is 0 Å². The summed E-state index contributed by atoms with van der Waals surface area (Å²) in [6.45, 7) is 3.50. The van der Waals surface area contributed by atoms with E-state index >= 15 is 0 Å². The Morgan fingerprint density at radius 3 is 2.32 bits per heavy atom. The maximum atomic E-state index is 12.3. The molecule has 0 aliphatic heterocycles. The summed E-state index contributed by atoms with van der Waals surface area (Å²) in [5.74, 6) is -0.526. The lowest BCUT2D eigenvalue weighted by molar-refractivity contribution is 0.0945. The zero-order valence-electron chi connectivity index (χ0n) is 12.1. The molecule has 0 saturated heterocycles. The monoisotopic (exact) mass is 382 g/mol. The van der Waals surface area contributed by atoms with Crippen LogP contribution in [-0.4, -0.2) is 14.3 Å². The van der Waals surface area contributed by atoms with Gasteiger partial charge in [0.15, 0.2) is 0 Å². The van der Waals surface area contributed by atoms with E-state index in [4.69, 9.17) is 0 Å². The molecule has 2 rings (SSSR count). The number of carbonyl (C=O) groups excluding carboxylic acids is 1. The van der Waals surface area contributed by atoms with Crippen molar-refractivity contribution in [2.45, 2.75) is 18.7 Å². The predicted octanol–water partition coefficient (Wildman–Crippen LogP) is 2.69. The van der Waals surface area contributed by atoms with E-state index < -0.39 is 15.9 Å². The molecule has 0 aliphatic carbocycles. The Hall–Kier alpha value is -1.70. The van der Waals surface area contributed by atoms with Crippen molar-refractivity contribution in [2.75, 3.05) is 0 Å². The first kappa shape index (κ1) is 16.7. The van der Waals surface area contributed by atoms with Gasteiger partial charge in [0.1, 0.15) is 0 Å². The van der Waals surface area contributed by atoms with Gasteiger partial charge >= 0.3 is 0 Å². The maximum Gasteiger partial charge on any atom is 0.266 e. The van der Waals surface area contributed by atoms with Crippen molar-refractivity contribution in [3.63, 3.8) is 0 Å². The van der Waals surface area contributed by atoms with E-state index in [1.54, 1.807) is 50.2 Å². The second kappa shape index (κ2) is 6.60. The van der Waals surface area contributed by atoms with Gasteiger partial charge in [-0.3, -0.25) is 10.2 Å². The topological polar surface area (TPSA) is 75.3 Å². The molecule has 2 aromatic carbocycles. The molecule has 0 atom stereocenters. The number of nitrogens with one attached hydrogen (secondary N) is 2. The summed E-state index contributed by atoms with van der Waals surface area (Å²) in [5, 5.41) is 0. The molecule has 0 aromatic heterocycles. The summed E-state index contributed by atoms with van der Waals surface area (Å²) in [7, 11) is -3.82. The number of hydrogen-bond acceptors (Lipinski definition) is 3. The van der Waals surface area contributed by atoms with E-state index in [1.165, 1.54) is 0 Å². The number of amides is 1. The molecule has 0 heterocycles. The first-order valence-electron chi connectivity index (χ1n) is 6.44. The lowest BCUT2D eigenvalue weighted by Gasteiger charge is -2.11. The number of hydrogen-bond donors (Lipinski definition) is 2. The van der Waals surface area contributed by atoms with Crippen molar-refractivity contribution in [3.8, 4) is 0 Å². The number of carbonyl (C=O) groups is 1. The summed E-state index contributed by atoms with van der Waals surface area (Å²) >= 11 is 3.27. The molecular formula is C15H15BrN2O3S. The third-order valence-electron chi connectivity index (χ3n) is 3.04. The second-order valence-electron chi connectivity index (χ2n) is 4.84. The summed E-state index contributed by atoms with van der Waals surface area (Å²) < 4.78 is 25.4. The molecule has 0 radical (unpaired) electrons. The van der Waals surface area contributed by atoms with E-state index in [2.05, 4.69) is 26.2 Å². The average Bonchev–Trinajstić information content (AvgIpc) is 2.48. The molecule has 0 spiro atoms. The fourth-order valence-electron chi connectivity index (χ4n) is 1.84. The zero-order valence-corrected chi connectivity index (χ0v) is 14.5. The van der Waals surface area contributed by atoms with Crippen molar-refractivity contribution in [1.82, 2.24) is 10.3 Å². The lowest BCUT2D eigenvalue weighted by Crippen LogP contribution is -2.41. The summed E-state index contributed by atoms with van der Waals surface area (Å²) in [6.07, 6.45) is 0. The van der Waals surface area contributed by atoms with E-state index in [9.17, 15) is 13.2 Å². The van der Waals surface area contributed by atoms with E-state index in [0.717, 1.165) is 10.0 Å². The number of sulfonamides is 1. The van der Waals surface area contributed by atoms with Gasteiger partial charge in [-0.1, -0.05) is 28.1 Å². The molecule has 2 aromatic rings. The quantitative estimate of drug-likeness (QED) is 0.798. The highest BCUT2D eigenvalue weighted by Gasteiger charge is 2.18. The van der Waals surface area contributed by atoms with Crippen LogP contribution in [0, 0.1) is 13.8 Å². The Morgan fingerprint density at radius 2 is 1.68 bits per heavy atom. The average molecular weight is 383 g/mol. The number of halogens is 1. The van der Waals surface area contributed by atoms with Gasteiger partial charge in [-0.15, -0.1) is 4.83 Å². The standard InChI is InChI=1S/C15H15BrN2O3S/c1-10-3-4-11(2)14(9-10)22(20,21)18-17-15(19)12-5-7-13(16)8-6-12/h3-9,18H,1-2H3,(H,17,19). The molecule has 1 amide bonds. The fourth-order valence-corrected chi connectivity index (χ4v) is 3.27. The van der Waals surface area contributed by atoms with Gasteiger partial charge < -0.3 is 0 Å². The van der Waals surface area contributed by atoms with Crippen LogP contribution < -0.4 is 10.3 Å². The van der Waals surface area contributed by atoms with E-state index in [0.29, 0.717) is 11.1 Å². The Labute approximate surface area is 137 Å². The highest BCUT2D eigenvalue weighted by molar-refractivity contribution is 9.10. The Kier molecular flexibility index (Phi) is 5.00. The number of rotatable bonds is 4. The Balaban J connectivity index is 2.14. The Bertz CT molecular complexity index is 802. The van der Waals surface area contributed by atoms with Crippen molar-refractivity contribution < 1.29 is 13.2 Å². The second-order valence-corrected chi connectivity index (χ2v) is 7.40. The molecule has 0 saturated carbocycles. The van der Waals surface area contributed by atoms with Crippen LogP contribution in [0.2, 0.25) is 0 Å². The Morgan fingerprint density at radius 1 is 1.05 bits per heavy atom. The van der Waals surface area contributed by atoms with Gasteiger partial charge in [-0.05, 0) is 55.3 Å². The zero-order chi connectivity index (χ0) is 16.3. The van der Waals surface area contributed by atoms with Gasteiger partial charge in [0.05, 0.1) is 4.90 Å². The van der Waals surface area contributed by atoms with Crippen LogP contribution in [0.1, 0.15) is 21.5 Å². The first-order chi connectivity index (χ1) is 10.3. The van der Waals surface area contributed by atoms with Gasteiger partial charge in [0.25, 0.3) is 15.9 Å². The van der Waals surface area contributed by atoms with Crippen LogP contribution in [-0.2, 0) is 10.0 Å². The van der Waals surface area contributed by atoms with Crippen LogP contribution in [0.5, 0.6) is 0 Å². The molecule has 0 bridgehead atoms. The van der Waals surface area contributed by atoms with Gasteiger partial charge in [0.2, 0.25) is 0 Å². The molecule has 7 heteroatoms. The fraction of sp³-hybridized carbons (Fsp3) is 0.133. The van der Waals surface area contributed by atoms with Crippen LogP contribution >= 0.6 is 15.9 Å². The van der Waals surface area contributed by atoms with Crippen LogP contribution in [0.15, 0.2) is 51.8 Å². The highest BCUT2D eigenvalue weighted by atomic mass is 79.9. The molecule has 5 nitrogen and oxygen atoms in total. The predicted molar refractivity (Wildman–Crippen MR) is 87.8 cm³/mol. The molecular weight excluding hydrogens is 368 g/mol. The number of hydrazine groups is 1. The molecule has 22 heavy (non-hydrogen) atoms. The summed E-state index contributed by atoms with van der Waals surface area (Å²) in [5.41, 5.74) is 4.00. The molecule has 2 N–H and O–H groups in total. The number of benzene rings is 2. The highest BCUT2D eigenvalue weighted by Crippen LogP contribution is 2.16. The minimum Gasteiger partial charge on any atom is -0.273 e. The van der Waals surface area contributed by atoms with E-state index in [-0.39, 0.29) is 4.90 Å². The van der Waals surface area contributed by atoms with Gasteiger partial charge in [-0.25, -0.2) is 8.42 Å². The first-order valence-corrected chi connectivity index (χ1v) is 8.72. The maximum absolute atomic E-state index is 12.3. The summed E-state index contributed by atoms with van der Waals surface area (Å²) in [6, 6.07) is 11.7. The van der Waals surface area contributed by atoms with Crippen molar-refractivity contribution in [2.24, 2.45) is 0 Å². The molecule has 0 unspecified atom stereocenters. The lowest BCUT2D eigenvalue weighted by atomic mass is 10.2. The SMILES string of the molecule is Cc1ccc(C)c(S(=O)(=O)NNC(=O)c2ccc(Br)cc2)c1. The summed E-state index contributed by atoms with van der Waals surface area (Å²) in [4.78, 5) is 14.2. The van der Waals surface area contributed by atoms with Crippen molar-refractivity contribution in [1.29, 1.82) is 0 Å². The van der Waals surface area contributed by atoms with Crippen LogP contribution in [0.25, 0.3) is 0 Å². The third kappa shape index (κ3) is 3.94. The van der Waals surface area contributed by atoms with Crippen LogP contribution in [0.4, 0.5) is 0 Å². The molecule has 0 aliphatic rings. The minimum absolute atomic E-state index is 0.142. The molecule has 116 valence electrons. The third-order valence-corrected chi connectivity index (χ3v) is 4.96. The van der Waals surface area contributed by atoms with Crippen molar-refractivity contribution >= 4 is 31.9 Å². The van der Waals surface area contributed by atoms with Crippen molar-refractivity contribution in [3.05, 3.63) is 63.6 Å². The molecule has 0 fully saturated rings. The smallest absolute Gasteiger partial charge is 0.266 e. The minimum atomic E-state index is -3.82. The van der Waals surface area contributed by atoms with Gasteiger partial charge in [-0.2, -0.15) is 0 Å². The van der Waals surface area contributed by atoms with Gasteiger partial charge in [0, 0.05) is 10.0 Å². The number of aryl methyl sites for hydroxylation is 2. The largest absolute Gasteiger partial charge is 0.273 e. The van der Waals surface area contributed by atoms with E-state index in [1.807, 2.05) is 6.07 Å².